The molecule has 3 N–H and O–H groups in total. The minimum atomic E-state index is -0.772. The zero-order valence-electron chi connectivity index (χ0n) is 10.2. The molecule has 7 heteroatoms. The molecule has 102 valence electrons. The smallest absolute Gasteiger partial charge is 0.351 e. The average molecular weight is 265 g/mol. The zero-order chi connectivity index (χ0) is 13.4. The Bertz CT molecular complexity index is 569. The highest BCUT2D eigenvalue weighted by Crippen LogP contribution is 2.28. The molecule has 19 heavy (non-hydrogen) atoms. The highest BCUT2D eigenvalue weighted by molar-refractivity contribution is 5.65. The van der Waals surface area contributed by atoms with Crippen LogP contribution >= 0.6 is 0 Å². The van der Waals surface area contributed by atoms with Crippen molar-refractivity contribution in [1.29, 1.82) is 0 Å². The SMILES string of the molecule is O=c1nc2c(cn1[C@H]1C[C@H](O)[C@@H](CO)O1)C=CCN2. The van der Waals surface area contributed by atoms with Crippen LogP contribution in [-0.2, 0) is 4.74 Å². The molecule has 7 nitrogen and oxygen atoms in total. The molecule has 3 rings (SSSR count). The second-order valence-corrected chi connectivity index (χ2v) is 4.63. The Morgan fingerprint density at radius 3 is 3.16 bits per heavy atom. The minimum Gasteiger partial charge on any atom is -0.394 e. The van der Waals surface area contributed by atoms with Crippen molar-refractivity contribution in [1.82, 2.24) is 9.55 Å². The second kappa shape index (κ2) is 4.76. The number of hydrogen-bond donors (Lipinski definition) is 3. The van der Waals surface area contributed by atoms with E-state index in [4.69, 9.17) is 9.84 Å². The van der Waals surface area contributed by atoms with Gasteiger partial charge in [-0.25, -0.2) is 4.79 Å². The van der Waals surface area contributed by atoms with E-state index in [9.17, 15) is 9.90 Å². The predicted octanol–water partition coefficient (Wildman–Crippen LogP) is -0.677. The Morgan fingerprint density at radius 1 is 1.58 bits per heavy atom. The first-order valence-electron chi connectivity index (χ1n) is 6.17. The summed E-state index contributed by atoms with van der Waals surface area (Å²) >= 11 is 0. The number of aliphatic hydroxyl groups excluding tert-OH is 2. The number of aromatic nitrogens is 2. The van der Waals surface area contributed by atoms with Crippen LogP contribution in [0.15, 0.2) is 17.1 Å². The van der Waals surface area contributed by atoms with Gasteiger partial charge in [-0.15, -0.1) is 0 Å². The van der Waals surface area contributed by atoms with Crippen LogP contribution in [0.3, 0.4) is 0 Å². The lowest BCUT2D eigenvalue weighted by Gasteiger charge is -2.17. The van der Waals surface area contributed by atoms with Gasteiger partial charge in [0, 0.05) is 24.7 Å². The zero-order valence-corrected chi connectivity index (χ0v) is 10.2. The summed E-state index contributed by atoms with van der Waals surface area (Å²) in [6, 6.07) is 0. The summed E-state index contributed by atoms with van der Waals surface area (Å²) in [5.74, 6) is 0.556. The van der Waals surface area contributed by atoms with Crippen molar-refractivity contribution in [2.45, 2.75) is 24.9 Å². The third-order valence-electron chi connectivity index (χ3n) is 3.36. The fourth-order valence-corrected chi connectivity index (χ4v) is 2.35. The van der Waals surface area contributed by atoms with Gasteiger partial charge < -0.3 is 20.3 Å². The third kappa shape index (κ3) is 2.16. The fraction of sp³-hybridized carbons (Fsp3) is 0.500. The maximum Gasteiger partial charge on any atom is 0.351 e. The number of ether oxygens (including phenoxy) is 1. The largest absolute Gasteiger partial charge is 0.394 e. The Balaban J connectivity index is 1.94. The van der Waals surface area contributed by atoms with Crippen LogP contribution in [0, 0.1) is 0 Å². The van der Waals surface area contributed by atoms with E-state index in [-0.39, 0.29) is 13.0 Å². The van der Waals surface area contributed by atoms with Crippen LogP contribution in [-0.4, -0.2) is 45.1 Å². The van der Waals surface area contributed by atoms with Crippen molar-refractivity contribution >= 4 is 11.9 Å². The summed E-state index contributed by atoms with van der Waals surface area (Å²) in [4.78, 5) is 15.9. The first kappa shape index (κ1) is 12.3. The molecule has 2 aliphatic rings. The molecule has 3 atom stereocenters. The van der Waals surface area contributed by atoms with Gasteiger partial charge in [-0.2, -0.15) is 4.98 Å². The lowest BCUT2D eigenvalue weighted by Crippen LogP contribution is -2.29. The molecule has 2 aliphatic heterocycles. The lowest BCUT2D eigenvalue weighted by atomic mass is 10.2. The molecule has 0 aliphatic carbocycles. The van der Waals surface area contributed by atoms with E-state index in [0.29, 0.717) is 12.4 Å². The van der Waals surface area contributed by atoms with E-state index >= 15 is 0 Å². The molecular formula is C12H15N3O4. The van der Waals surface area contributed by atoms with Gasteiger partial charge in [0.25, 0.3) is 0 Å². The van der Waals surface area contributed by atoms with E-state index < -0.39 is 24.1 Å². The van der Waals surface area contributed by atoms with Gasteiger partial charge in [-0.05, 0) is 0 Å². The number of nitrogens with one attached hydrogen (secondary N) is 1. The van der Waals surface area contributed by atoms with Crippen LogP contribution in [0.4, 0.5) is 5.82 Å². The molecule has 1 saturated heterocycles. The molecule has 0 saturated carbocycles. The summed E-state index contributed by atoms with van der Waals surface area (Å²) in [5.41, 5.74) is 0.369. The number of rotatable bonds is 2. The predicted molar refractivity (Wildman–Crippen MR) is 67.6 cm³/mol. The Labute approximate surface area is 109 Å². The van der Waals surface area contributed by atoms with Gasteiger partial charge in [0.2, 0.25) is 0 Å². The van der Waals surface area contributed by atoms with Crippen molar-refractivity contribution in [2.24, 2.45) is 0 Å². The van der Waals surface area contributed by atoms with Crippen LogP contribution < -0.4 is 11.0 Å². The number of hydrogen-bond acceptors (Lipinski definition) is 6. The topological polar surface area (TPSA) is 96.6 Å². The molecule has 3 heterocycles. The normalized spacial score (nSPS) is 29.1. The highest BCUT2D eigenvalue weighted by Gasteiger charge is 2.35. The molecule has 0 aromatic carbocycles. The van der Waals surface area contributed by atoms with Crippen LogP contribution in [0.5, 0.6) is 0 Å². The van der Waals surface area contributed by atoms with Crippen molar-refractivity contribution in [3.05, 3.63) is 28.3 Å². The second-order valence-electron chi connectivity index (χ2n) is 4.63. The highest BCUT2D eigenvalue weighted by atomic mass is 16.5. The van der Waals surface area contributed by atoms with E-state index in [2.05, 4.69) is 10.3 Å². The molecule has 1 fully saturated rings. The van der Waals surface area contributed by atoms with E-state index in [0.717, 1.165) is 5.56 Å². The van der Waals surface area contributed by atoms with Crippen LogP contribution in [0.25, 0.3) is 6.08 Å². The summed E-state index contributed by atoms with van der Waals surface area (Å²) in [5, 5.41) is 21.8. The van der Waals surface area contributed by atoms with Crippen LogP contribution in [0.2, 0.25) is 0 Å². The Morgan fingerprint density at radius 2 is 2.42 bits per heavy atom. The molecule has 0 radical (unpaired) electrons. The average Bonchev–Trinajstić information content (AvgIpc) is 2.79. The van der Waals surface area contributed by atoms with Crippen molar-refractivity contribution < 1.29 is 14.9 Å². The Kier molecular flexibility index (Phi) is 3.09. The standard InChI is InChI=1S/C12H15N3O4/c16-6-9-8(17)4-10(19-9)15-5-7-2-1-3-13-11(7)14-12(15)18/h1-2,5,8-10,16-17H,3-4,6H2,(H,13,14,18)/t8-,9+,10+/m0/s1. The third-order valence-corrected chi connectivity index (χ3v) is 3.36. The van der Waals surface area contributed by atoms with Gasteiger partial charge in [-0.3, -0.25) is 4.57 Å². The van der Waals surface area contributed by atoms with Crippen LogP contribution in [0.1, 0.15) is 18.2 Å². The molecule has 0 unspecified atom stereocenters. The molecule has 1 aromatic rings. The van der Waals surface area contributed by atoms with Gasteiger partial charge in [0.1, 0.15) is 18.1 Å². The van der Waals surface area contributed by atoms with Crippen molar-refractivity contribution in [3.8, 4) is 0 Å². The van der Waals surface area contributed by atoms with E-state index in [1.54, 1.807) is 6.20 Å². The van der Waals surface area contributed by atoms with E-state index in [1.165, 1.54) is 4.57 Å². The summed E-state index contributed by atoms with van der Waals surface area (Å²) in [7, 11) is 0. The number of anilines is 1. The van der Waals surface area contributed by atoms with Crippen molar-refractivity contribution in [2.75, 3.05) is 18.5 Å². The summed E-state index contributed by atoms with van der Waals surface area (Å²) < 4.78 is 6.82. The maximum absolute atomic E-state index is 11.9. The van der Waals surface area contributed by atoms with Gasteiger partial charge >= 0.3 is 5.69 Å². The minimum absolute atomic E-state index is 0.267. The number of aliphatic hydroxyl groups is 2. The fourth-order valence-electron chi connectivity index (χ4n) is 2.35. The summed E-state index contributed by atoms with van der Waals surface area (Å²) in [6.07, 6.45) is 3.72. The summed E-state index contributed by atoms with van der Waals surface area (Å²) in [6.45, 7) is 0.376. The molecule has 0 bridgehead atoms. The molecule has 1 aromatic heterocycles. The van der Waals surface area contributed by atoms with E-state index in [1.807, 2.05) is 12.2 Å². The van der Waals surface area contributed by atoms with Crippen molar-refractivity contribution in [3.63, 3.8) is 0 Å². The quantitative estimate of drug-likeness (QED) is 0.656. The number of nitrogens with zero attached hydrogens (tertiary/aromatic N) is 2. The first-order valence-corrected chi connectivity index (χ1v) is 6.17. The molecule has 0 spiro atoms. The first-order chi connectivity index (χ1) is 9.19. The van der Waals surface area contributed by atoms with Gasteiger partial charge in [0.05, 0.1) is 12.7 Å². The lowest BCUT2D eigenvalue weighted by molar-refractivity contribution is -0.0458. The maximum atomic E-state index is 11.9. The van der Waals surface area contributed by atoms with Gasteiger partial charge in [0.15, 0.2) is 0 Å². The molecule has 0 amide bonds. The number of fused-ring (bicyclic) bond motifs is 1. The molecular weight excluding hydrogens is 250 g/mol. The Hall–Kier alpha value is -1.70. The van der Waals surface area contributed by atoms with Gasteiger partial charge in [-0.1, -0.05) is 12.2 Å². The monoisotopic (exact) mass is 265 g/mol.